The number of rotatable bonds is 6. The summed E-state index contributed by atoms with van der Waals surface area (Å²) in [4.78, 5) is 2.46. The molecule has 2 heteroatoms. The van der Waals surface area contributed by atoms with E-state index in [9.17, 15) is 0 Å². The Kier molecular flexibility index (Phi) is 7.92. The maximum Gasteiger partial charge on any atom is 0.136 e. The van der Waals surface area contributed by atoms with Gasteiger partial charge in [0.05, 0.1) is 5.69 Å². The minimum absolute atomic E-state index is 0.157. The van der Waals surface area contributed by atoms with Gasteiger partial charge in [-0.15, -0.1) is 0 Å². The molecule has 1 heterocycles. The molecule has 10 aromatic carbocycles. The second-order valence-corrected chi connectivity index (χ2v) is 16.9. The molecule has 0 N–H and O–H groups in total. The van der Waals surface area contributed by atoms with Gasteiger partial charge in [0.15, 0.2) is 0 Å². The Morgan fingerprint density at radius 2 is 0.984 bits per heavy atom. The lowest BCUT2D eigenvalue weighted by molar-refractivity contribution is 0.660. The molecule has 0 amide bonds. The number of furan rings is 1. The third kappa shape index (κ3) is 5.64. The van der Waals surface area contributed by atoms with Gasteiger partial charge in [0.2, 0.25) is 0 Å². The van der Waals surface area contributed by atoms with E-state index in [0.29, 0.717) is 0 Å². The highest BCUT2D eigenvalue weighted by Crippen LogP contribution is 2.52. The Hall–Kier alpha value is -7.68. The van der Waals surface area contributed by atoms with Crippen LogP contribution in [-0.2, 0) is 5.41 Å². The van der Waals surface area contributed by atoms with Gasteiger partial charge in [-0.2, -0.15) is 0 Å². The molecule has 1 aliphatic rings. The number of para-hydroxylation sites is 1. The summed E-state index contributed by atoms with van der Waals surface area (Å²) in [5.41, 5.74) is 17.1. The first-order valence-corrected chi connectivity index (χ1v) is 21.2. The van der Waals surface area contributed by atoms with Gasteiger partial charge < -0.3 is 9.32 Å². The molecule has 0 unspecified atom stereocenters. The summed E-state index contributed by atoms with van der Waals surface area (Å²) < 4.78 is 6.58. The summed E-state index contributed by atoms with van der Waals surface area (Å²) in [5.74, 6) is 0. The average molecular weight is 780 g/mol. The molecule has 0 radical (unpaired) electrons. The maximum absolute atomic E-state index is 6.58. The highest BCUT2D eigenvalue weighted by atomic mass is 16.3. The summed E-state index contributed by atoms with van der Waals surface area (Å²) in [6.07, 6.45) is 0. The fourth-order valence-electron chi connectivity index (χ4n) is 10.0. The highest BCUT2D eigenvalue weighted by molar-refractivity contribution is 6.11. The zero-order valence-electron chi connectivity index (χ0n) is 34.1. The lowest BCUT2D eigenvalue weighted by atomic mass is 9.82. The van der Waals surface area contributed by atoms with Crippen molar-refractivity contribution in [2.24, 2.45) is 0 Å². The van der Waals surface area contributed by atoms with Crippen LogP contribution in [0.3, 0.4) is 0 Å². The molecule has 0 spiro atoms. The number of nitrogens with zero attached hydrogens (tertiary/aromatic N) is 1. The smallest absolute Gasteiger partial charge is 0.136 e. The largest absolute Gasteiger partial charge is 0.456 e. The Morgan fingerprint density at radius 3 is 1.85 bits per heavy atom. The van der Waals surface area contributed by atoms with E-state index in [0.717, 1.165) is 61.3 Å². The Balaban J connectivity index is 1.13. The van der Waals surface area contributed by atoms with E-state index in [1.165, 1.54) is 54.9 Å². The number of fused-ring (bicyclic) bond motifs is 9. The van der Waals surface area contributed by atoms with Crippen LogP contribution in [-0.4, -0.2) is 0 Å². The molecule has 12 rings (SSSR count). The minimum atomic E-state index is -0.157. The fourth-order valence-corrected chi connectivity index (χ4v) is 10.0. The second-order valence-electron chi connectivity index (χ2n) is 16.9. The highest BCUT2D eigenvalue weighted by Gasteiger charge is 2.36. The van der Waals surface area contributed by atoms with Crippen molar-refractivity contribution in [2.45, 2.75) is 19.3 Å². The summed E-state index contributed by atoms with van der Waals surface area (Å²) in [6.45, 7) is 4.72. The molecule has 0 atom stereocenters. The lowest BCUT2D eigenvalue weighted by Gasteiger charge is -2.31. The molecule has 0 saturated carbocycles. The normalized spacial score (nSPS) is 12.9. The zero-order valence-corrected chi connectivity index (χ0v) is 34.1. The van der Waals surface area contributed by atoms with Gasteiger partial charge in [-0.25, -0.2) is 0 Å². The van der Waals surface area contributed by atoms with Gasteiger partial charge >= 0.3 is 0 Å². The quantitative estimate of drug-likeness (QED) is 0.156. The van der Waals surface area contributed by atoms with Gasteiger partial charge in [0, 0.05) is 33.1 Å². The van der Waals surface area contributed by atoms with Crippen LogP contribution < -0.4 is 4.90 Å². The van der Waals surface area contributed by atoms with E-state index < -0.39 is 0 Å². The van der Waals surface area contributed by atoms with E-state index in [1.807, 2.05) is 6.07 Å². The summed E-state index contributed by atoms with van der Waals surface area (Å²) in [6, 6.07) is 77.6. The molecule has 61 heavy (non-hydrogen) atoms. The number of benzene rings is 10. The van der Waals surface area contributed by atoms with E-state index in [-0.39, 0.29) is 5.41 Å². The van der Waals surface area contributed by atoms with Crippen LogP contribution in [0.5, 0.6) is 0 Å². The van der Waals surface area contributed by atoms with E-state index in [4.69, 9.17) is 4.42 Å². The van der Waals surface area contributed by atoms with Crippen LogP contribution >= 0.6 is 0 Å². The van der Waals surface area contributed by atoms with Crippen LogP contribution in [0.2, 0.25) is 0 Å². The van der Waals surface area contributed by atoms with Gasteiger partial charge in [0.1, 0.15) is 11.2 Å². The van der Waals surface area contributed by atoms with Crippen molar-refractivity contribution >= 4 is 60.5 Å². The molecule has 0 saturated heterocycles. The maximum atomic E-state index is 6.58. The standard InChI is InChI=1S/C59H41NO/c1-59(2)53-20-10-8-17-48(53)49-34-32-45(37-54(49)59)60(44-30-27-39(28-31-44)38-13-4-3-5-14-38)55-21-12-19-47(42-26-25-41-24-23-40-15-6-7-16-46(40)52(41)35-42)58(55)43-29-33-51-50-18-9-11-22-56(50)61-57(51)36-43/h3-37H,1-2H3. The summed E-state index contributed by atoms with van der Waals surface area (Å²) >= 11 is 0. The van der Waals surface area contributed by atoms with Crippen molar-refractivity contribution in [1.82, 2.24) is 0 Å². The van der Waals surface area contributed by atoms with E-state index in [2.05, 4.69) is 225 Å². The Labute approximate surface area is 355 Å². The predicted molar refractivity (Wildman–Crippen MR) is 257 cm³/mol. The summed E-state index contributed by atoms with van der Waals surface area (Å²) in [5, 5.41) is 7.21. The monoisotopic (exact) mass is 779 g/mol. The Bertz CT molecular complexity index is 3500. The number of anilines is 3. The topological polar surface area (TPSA) is 16.4 Å². The SMILES string of the molecule is CC1(C)c2ccccc2-c2ccc(N(c3ccc(-c4ccccc4)cc3)c3cccc(-c4ccc5ccc6ccccc6c5c4)c3-c3ccc4c(c3)oc3ccccc34)cc21. The van der Waals surface area contributed by atoms with Crippen LogP contribution in [0, 0.1) is 0 Å². The zero-order chi connectivity index (χ0) is 40.7. The van der Waals surface area contributed by atoms with Gasteiger partial charge in [0.25, 0.3) is 0 Å². The molecule has 0 aliphatic heterocycles. The van der Waals surface area contributed by atoms with E-state index in [1.54, 1.807) is 0 Å². The summed E-state index contributed by atoms with van der Waals surface area (Å²) in [7, 11) is 0. The van der Waals surface area contributed by atoms with Crippen molar-refractivity contribution in [2.75, 3.05) is 4.90 Å². The van der Waals surface area contributed by atoms with Crippen molar-refractivity contribution in [1.29, 1.82) is 0 Å². The van der Waals surface area contributed by atoms with Crippen molar-refractivity contribution in [3.05, 3.63) is 223 Å². The van der Waals surface area contributed by atoms with Crippen LogP contribution in [0.15, 0.2) is 217 Å². The first-order valence-electron chi connectivity index (χ1n) is 21.2. The van der Waals surface area contributed by atoms with Crippen LogP contribution in [0.25, 0.3) is 88.0 Å². The molecule has 1 aromatic heterocycles. The second kappa shape index (κ2) is 13.7. The molecule has 11 aromatic rings. The molecule has 1 aliphatic carbocycles. The molecular formula is C59H41NO. The number of hydrogen-bond donors (Lipinski definition) is 0. The predicted octanol–water partition coefficient (Wildman–Crippen LogP) is 16.7. The number of hydrogen-bond acceptors (Lipinski definition) is 2. The first kappa shape index (κ1) is 35.3. The van der Waals surface area contributed by atoms with Crippen molar-refractivity contribution in [3.63, 3.8) is 0 Å². The molecule has 0 fully saturated rings. The lowest BCUT2D eigenvalue weighted by Crippen LogP contribution is -2.17. The first-order chi connectivity index (χ1) is 30.0. The van der Waals surface area contributed by atoms with Crippen molar-refractivity contribution < 1.29 is 4.42 Å². The van der Waals surface area contributed by atoms with E-state index >= 15 is 0 Å². The molecule has 0 bridgehead atoms. The van der Waals surface area contributed by atoms with Gasteiger partial charge in [-0.05, 0) is 126 Å². The Morgan fingerprint density at radius 1 is 0.361 bits per heavy atom. The third-order valence-corrected chi connectivity index (χ3v) is 13.1. The van der Waals surface area contributed by atoms with Gasteiger partial charge in [-0.1, -0.05) is 172 Å². The van der Waals surface area contributed by atoms with Gasteiger partial charge in [-0.3, -0.25) is 0 Å². The van der Waals surface area contributed by atoms with Crippen LogP contribution in [0.4, 0.5) is 17.1 Å². The molecule has 2 nitrogen and oxygen atoms in total. The van der Waals surface area contributed by atoms with Crippen LogP contribution in [0.1, 0.15) is 25.0 Å². The minimum Gasteiger partial charge on any atom is -0.456 e. The third-order valence-electron chi connectivity index (χ3n) is 13.1. The fraction of sp³-hybridized carbons (Fsp3) is 0.0508. The van der Waals surface area contributed by atoms with Crippen molar-refractivity contribution in [3.8, 4) is 44.5 Å². The molecule has 288 valence electrons. The molecular weight excluding hydrogens is 739 g/mol. The average Bonchev–Trinajstić information content (AvgIpc) is 3.80.